The van der Waals surface area contributed by atoms with Gasteiger partial charge in [0.05, 0.1) is 11.3 Å². The van der Waals surface area contributed by atoms with Crippen molar-refractivity contribution in [2.45, 2.75) is 6.18 Å². The number of carbonyl (C=O) groups is 1. The molecule has 2 aromatic carbocycles. The second-order valence-corrected chi connectivity index (χ2v) is 4.68. The van der Waals surface area contributed by atoms with Crippen LogP contribution in [0, 0.1) is 0 Å². The molecule has 0 amide bonds. The Bertz CT molecular complexity index is 730. The Balaban J connectivity index is 1.89. The van der Waals surface area contributed by atoms with Crippen LogP contribution in [0.1, 0.15) is 21.5 Å². The van der Waals surface area contributed by atoms with Crippen LogP contribution in [0.15, 0.2) is 54.2 Å². The SMILES string of the molecule is O=C1/C(=C/c2ccc(C(F)(F)F)cc2)Nc2ccccc21. The molecule has 0 fully saturated rings. The van der Waals surface area contributed by atoms with Gasteiger partial charge in [0.1, 0.15) is 0 Å². The van der Waals surface area contributed by atoms with Gasteiger partial charge in [-0.05, 0) is 35.9 Å². The van der Waals surface area contributed by atoms with Crippen molar-refractivity contribution in [3.8, 4) is 0 Å². The fourth-order valence-corrected chi connectivity index (χ4v) is 2.17. The average Bonchev–Trinajstić information content (AvgIpc) is 2.76. The van der Waals surface area contributed by atoms with E-state index in [2.05, 4.69) is 5.32 Å². The summed E-state index contributed by atoms with van der Waals surface area (Å²) < 4.78 is 37.5. The van der Waals surface area contributed by atoms with Gasteiger partial charge in [-0.2, -0.15) is 13.2 Å². The zero-order valence-electron chi connectivity index (χ0n) is 10.7. The molecule has 2 aromatic rings. The van der Waals surface area contributed by atoms with Crippen molar-refractivity contribution in [1.82, 2.24) is 0 Å². The minimum atomic E-state index is -4.36. The fraction of sp³-hybridized carbons (Fsp3) is 0.0625. The summed E-state index contributed by atoms with van der Waals surface area (Å²) in [5, 5.41) is 2.97. The van der Waals surface area contributed by atoms with E-state index in [0.717, 1.165) is 12.1 Å². The highest BCUT2D eigenvalue weighted by molar-refractivity contribution is 6.20. The number of ketones is 1. The van der Waals surface area contributed by atoms with Crippen molar-refractivity contribution < 1.29 is 18.0 Å². The number of carbonyl (C=O) groups excluding carboxylic acids is 1. The van der Waals surface area contributed by atoms with Crippen molar-refractivity contribution in [3.63, 3.8) is 0 Å². The molecule has 2 nitrogen and oxygen atoms in total. The maximum absolute atomic E-state index is 12.5. The van der Waals surface area contributed by atoms with Crippen molar-refractivity contribution in [3.05, 3.63) is 70.9 Å². The lowest BCUT2D eigenvalue weighted by Crippen LogP contribution is -2.04. The number of hydrogen-bond acceptors (Lipinski definition) is 2. The summed E-state index contributed by atoms with van der Waals surface area (Å²) >= 11 is 0. The number of benzene rings is 2. The number of allylic oxidation sites excluding steroid dienone is 1. The largest absolute Gasteiger partial charge is 0.416 e. The first-order chi connectivity index (χ1) is 9.95. The lowest BCUT2D eigenvalue weighted by atomic mass is 10.1. The summed E-state index contributed by atoms with van der Waals surface area (Å²) in [5.41, 5.74) is 1.46. The first-order valence-electron chi connectivity index (χ1n) is 6.25. The highest BCUT2D eigenvalue weighted by Gasteiger charge is 2.30. The van der Waals surface area contributed by atoms with E-state index in [4.69, 9.17) is 0 Å². The van der Waals surface area contributed by atoms with Crippen LogP contribution in [0.25, 0.3) is 6.08 Å². The first-order valence-corrected chi connectivity index (χ1v) is 6.25. The van der Waals surface area contributed by atoms with Gasteiger partial charge < -0.3 is 5.32 Å². The van der Waals surface area contributed by atoms with Crippen LogP contribution < -0.4 is 5.32 Å². The van der Waals surface area contributed by atoms with Gasteiger partial charge in [0, 0.05) is 11.3 Å². The van der Waals surface area contributed by atoms with E-state index in [1.165, 1.54) is 12.1 Å². The average molecular weight is 289 g/mol. The van der Waals surface area contributed by atoms with Crippen LogP contribution in [0.2, 0.25) is 0 Å². The van der Waals surface area contributed by atoms with Crippen LogP contribution in [0.4, 0.5) is 18.9 Å². The Labute approximate surface area is 118 Å². The molecule has 21 heavy (non-hydrogen) atoms. The number of fused-ring (bicyclic) bond motifs is 1. The number of rotatable bonds is 1. The van der Waals surface area contributed by atoms with Gasteiger partial charge in [-0.15, -0.1) is 0 Å². The van der Waals surface area contributed by atoms with Gasteiger partial charge in [0.25, 0.3) is 0 Å². The Hall–Kier alpha value is -2.56. The second kappa shape index (κ2) is 4.77. The molecule has 0 radical (unpaired) electrons. The molecule has 0 aromatic heterocycles. The molecule has 5 heteroatoms. The third kappa shape index (κ3) is 2.54. The molecule has 0 bridgehead atoms. The van der Waals surface area contributed by atoms with Crippen molar-refractivity contribution in [1.29, 1.82) is 0 Å². The summed E-state index contributed by atoms with van der Waals surface area (Å²) in [7, 11) is 0. The number of para-hydroxylation sites is 1. The Morgan fingerprint density at radius 1 is 0.952 bits per heavy atom. The van der Waals surface area contributed by atoms with Crippen molar-refractivity contribution in [2.75, 3.05) is 5.32 Å². The molecule has 0 saturated heterocycles. The molecule has 0 saturated carbocycles. The molecule has 3 rings (SSSR count). The smallest absolute Gasteiger partial charge is 0.352 e. The minimum absolute atomic E-state index is 0.162. The molecule has 106 valence electrons. The molecule has 0 spiro atoms. The number of anilines is 1. The number of hydrogen-bond donors (Lipinski definition) is 1. The maximum atomic E-state index is 12.5. The summed E-state index contributed by atoms with van der Waals surface area (Å²) in [6.45, 7) is 0. The van der Waals surface area contributed by atoms with Crippen LogP contribution in [-0.4, -0.2) is 5.78 Å². The molecule has 1 aliphatic heterocycles. The lowest BCUT2D eigenvalue weighted by molar-refractivity contribution is -0.137. The van der Waals surface area contributed by atoms with Crippen LogP contribution >= 0.6 is 0 Å². The van der Waals surface area contributed by atoms with E-state index in [1.54, 1.807) is 30.3 Å². The monoisotopic (exact) mass is 289 g/mol. The molecule has 1 heterocycles. The Morgan fingerprint density at radius 2 is 1.62 bits per heavy atom. The zero-order chi connectivity index (χ0) is 15.0. The Morgan fingerprint density at radius 3 is 2.24 bits per heavy atom. The Kier molecular flexibility index (Phi) is 3.05. The van der Waals surface area contributed by atoms with Gasteiger partial charge in [-0.1, -0.05) is 24.3 Å². The van der Waals surface area contributed by atoms with E-state index in [9.17, 15) is 18.0 Å². The van der Waals surface area contributed by atoms with Crippen LogP contribution in [-0.2, 0) is 6.18 Å². The zero-order valence-corrected chi connectivity index (χ0v) is 10.7. The van der Waals surface area contributed by atoms with Crippen LogP contribution in [0.3, 0.4) is 0 Å². The summed E-state index contributed by atoms with van der Waals surface area (Å²) in [5.74, 6) is -0.162. The number of nitrogens with one attached hydrogen (secondary N) is 1. The molecular formula is C16H10F3NO. The van der Waals surface area contributed by atoms with Crippen LogP contribution in [0.5, 0.6) is 0 Å². The lowest BCUT2D eigenvalue weighted by Gasteiger charge is -2.06. The summed E-state index contributed by atoms with van der Waals surface area (Å²) in [6, 6.07) is 11.7. The summed E-state index contributed by atoms with van der Waals surface area (Å²) in [6.07, 6.45) is -2.81. The van der Waals surface area contributed by atoms with E-state index >= 15 is 0 Å². The molecule has 0 aliphatic carbocycles. The highest BCUT2D eigenvalue weighted by Crippen LogP contribution is 2.31. The quantitative estimate of drug-likeness (QED) is 0.790. The molecule has 0 unspecified atom stereocenters. The molecular weight excluding hydrogens is 279 g/mol. The van der Waals surface area contributed by atoms with E-state index in [0.29, 0.717) is 22.5 Å². The highest BCUT2D eigenvalue weighted by atomic mass is 19.4. The third-order valence-corrected chi connectivity index (χ3v) is 3.23. The molecule has 0 atom stereocenters. The van der Waals surface area contributed by atoms with E-state index in [-0.39, 0.29) is 5.78 Å². The standard InChI is InChI=1S/C16H10F3NO/c17-16(18,19)11-7-5-10(6-8-11)9-14-15(21)12-3-1-2-4-13(12)20-14/h1-9,20H/b14-9-. The first kappa shape index (κ1) is 13.4. The molecule has 1 aliphatic rings. The number of alkyl halides is 3. The minimum Gasteiger partial charge on any atom is -0.352 e. The van der Waals surface area contributed by atoms with E-state index < -0.39 is 11.7 Å². The normalized spacial score (nSPS) is 16.0. The van der Waals surface area contributed by atoms with Gasteiger partial charge in [-0.3, -0.25) is 4.79 Å². The van der Waals surface area contributed by atoms with Gasteiger partial charge in [-0.25, -0.2) is 0 Å². The van der Waals surface area contributed by atoms with Crippen molar-refractivity contribution >= 4 is 17.5 Å². The predicted octanol–water partition coefficient (Wildman–Crippen LogP) is 4.35. The second-order valence-electron chi connectivity index (χ2n) is 4.68. The van der Waals surface area contributed by atoms with Gasteiger partial charge in [0.15, 0.2) is 0 Å². The molecule has 1 N–H and O–H groups in total. The predicted molar refractivity (Wildman–Crippen MR) is 73.8 cm³/mol. The fourth-order valence-electron chi connectivity index (χ4n) is 2.17. The number of halogens is 3. The van der Waals surface area contributed by atoms with Gasteiger partial charge >= 0.3 is 6.18 Å². The van der Waals surface area contributed by atoms with Crippen molar-refractivity contribution in [2.24, 2.45) is 0 Å². The topological polar surface area (TPSA) is 29.1 Å². The number of Topliss-reactive ketones (excluding diaryl/α,β-unsaturated/α-hetero) is 1. The third-order valence-electron chi connectivity index (χ3n) is 3.23. The van der Waals surface area contributed by atoms with E-state index in [1.807, 2.05) is 0 Å². The van der Waals surface area contributed by atoms with Gasteiger partial charge in [0.2, 0.25) is 5.78 Å². The maximum Gasteiger partial charge on any atom is 0.416 e. The summed E-state index contributed by atoms with van der Waals surface area (Å²) in [4.78, 5) is 12.1.